The molecule has 2 aromatic heterocycles. The molecule has 0 atom stereocenters. The number of pyridine rings is 2. The highest BCUT2D eigenvalue weighted by molar-refractivity contribution is 5.94. The molecule has 0 aliphatic carbocycles. The fourth-order valence-corrected chi connectivity index (χ4v) is 3.66. The largest absolute Gasteiger partial charge is 0.506 e. The van der Waals surface area contributed by atoms with Gasteiger partial charge in [0.05, 0.1) is 24.5 Å². The Morgan fingerprint density at radius 1 is 0.879 bits per heavy atom. The van der Waals surface area contributed by atoms with Gasteiger partial charge in [-0.25, -0.2) is 0 Å². The van der Waals surface area contributed by atoms with Gasteiger partial charge in [0.25, 0.3) is 0 Å². The van der Waals surface area contributed by atoms with E-state index >= 15 is 0 Å². The summed E-state index contributed by atoms with van der Waals surface area (Å²) in [5.41, 5.74) is 7.80. The second kappa shape index (κ2) is 9.88. The van der Waals surface area contributed by atoms with Gasteiger partial charge in [0, 0.05) is 28.5 Å². The molecule has 0 saturated heterocycles. The van der Waals surface area contributed by atoms with Crippen molar-refractivity contribution in [1.29, 1.82) is 0 Å². The van der Waals surface area contributed by atoms with Crippen LogP contribution in [-0.2, 0) is 13.1 Å². The van der Waals surface area contributed by atoms with Crippen molar-refractivity contribution in [3.05, 3.63) is 83.8 Å². The standard InChI is InChI=1S/C25H26N6O2/c1-2-5-18-20(10-12-23(33)25(18)31-26)28-14-16-6-3-7-17(30-16)15-29-21-9-11-22(32)24-19(21)8-4-13-27-24/h2-13,28-29,31-33H,14-15,26H2,1H3/b5-2-. The van der Waals surface area contributed by atoms with Gasteiger partial charge in [-0.2, -0.15) is 0 Å². The topological polar surface area (TPSA) is 128 Å². The highest BCUT2D eigenvalue weighted by Crippen LogP contribution is 2.34. The molecule has 4 rings (SSSR count). The molecule has 8 nitrogen and oxygen atoms in total. The summed E-state index contributed by atoms with van der Waals surface area (Å²) in [6, 6.07) is 16.5. The Hall–Kier alpha value is -4.30. The molecule has 7 N–H and O–H groups in total. The van der Waals surface area contributed by atoms with Crippen LogP contribution in [0.25, 0.3) is 17.0 Å². The number of hydrogen-bond donors (Lipinski definition) is 6. The van der Waals surface area contributed by atoms with Crippen LogP contribution in [0.3, 0.4) is 0 Å². The summed E-state index contributed by atoms with van der Waals surface area (Å²) in [5, 5.41) is 27.7. The molecule has 4 aromatic rings. The van der Waals surface area contributed by atoms with Gasteiger partial charge in [-0.3, -0.25) is 15.8 Å². The van der Waals surface area contributed by atoms with Crippen LogP contribution in [0.4, 0.5) is 17.1 Å². The lowest BCUT2D eigenvalue weighted by atomic mass is 10.1. The molecule has 0 saturated carbocycles. The molecule has 168 valence electrons. The molecule has 2 heterocycles. The molecule has 0 unspecified atom stereocenters. The molecular weight excluding hydrogens is 416 g/mol. The molecule has 0 aliphatic rings. The number of anilines is 3. The average molecular weight is 443 g/mol. The molecule has 0 spiro atoms. The monoisotopic (exact) mass is 442 g/mol. The van der Waals surface area contributed by atoms with Crippen LogP contribution in [0.2, 0.25) is 0 Å². The van der Waals surface area contributed by atoms with Crippen LogP contribution in [-0.4, -0.2) is 20.2 Å². The van der Waals surface area contributed by atoms with Crippen LogP contribution < -0.4 is 21.9 Å². The van der Waals surface area contributed by atoms with Gasteiger partial charge in [0.15, 0.2) is 0 Å². The first-order chi connectivity index (χ1) is 16.1. The lowest BCUT2D eigenvalue weighted by Crippen LogP contribution is -2.11. The molecule has 8 heteroatoms. The summed E-state index contributed by atoms with van der Waals surface area (Å²) in [4.78, 5) is 8.99. The molecular formula is C25H26N6O2. The number of rotatable bonds is 8. The minimum absolute atomic E-state index is 0.0827. The molecule has 2 aromatic carbocycles. The number of aromatic nitrogens is 2. The van der Waals surface area contributed by atoms with E-state index in [0.717, 1.165) is 33.7 Å². The van der Waals surface area contributed by atoms with Crippen LogP contribution in [0.5, 0.6) is 11.5 Å². The number of hydrazine groups is 1. The smallest absolute Gasteiger partial charge is 0.141 e. The van der Waals surface area contributed by atoms with Gasteiger partial charge in [0.2, 0.25) is 0 Å². The molecule has 0 aliphatic heterocycles. The van der Waals surface area contributed by atoms with Crippen LogP contribution in [0.15, 0.2) is 66.9 Å². The number of phenols is 2. The van der Waals surface area contributed by atoms with Crippen molar-refractivity contribution >= 4 is 34.0 Å². The Balaban J connectivity index is 1.48. The molecule has 0 amide bonds. The van der Waals surface area contributed by atoms with Crippen molar-refractivity contribution in [2.75, 3.05) is 16.1 Å². The van der Waals surface area contributed by atoms with E-state index < -0.39 is 0 Å². The number of aromatic hydroxyl groups is 2. The Bertz CT molecular complexity index is 1310. The third-order valence-corrected chi connectivity index (χ3v) is 5.23. The highest BCUT2D eigenvalue weighted by Gasteiger charge is 2.11. The fourth-order valence-electron chi connectivity index (χ4n) is 3.66. The first-order valence-corrected chi connectivity index (χ1v) is 10.5. The lowest BCUT2D eigenvalue weighted by Gasteiger charge is -2.15. The third kappa shape index (κ3) is 4.81. The number of benzene rings is 2. The summed E-state index contributed by atoms with van der Waals surface area (Å²) < 4.78 is 0. The van der Waals surface area contributed by atoms with Crippen LogP contribution in [0.1, 0.15) is 23.9 Å². The zero-order chi connectivity index (χ0) is 23.2. The minimum atomic E-state index is 0.0827. The molecule has 0 fully saturated rings. The predicted octanol–water partition coefficient (Wildman–Crippen LogP) is 4.58. The van der Waals surface area contributed by atoms with Crippen LogP contribution in [0, 0.1) is 0 Å². The maximum Gasteiger partial charge on any atom is 0.141 e. The fraction of sp³-hybridized carbons (Fsp3) is 0.120. The summed E-state index contributed by atoms with van der Waals surface area (Å²) in [6.07, 6.45) is 5.42. The number of hydrogen-bond acceptors (Lipinski definition) is 8. The number of phenolic OH excluding ortho intramolecular Hbond substituents is 2. The van der Waals surface area contributed by atoms with Crippen molar-refractivity contribution in [3.8, 4) is 11.5 Å². The quantitative estimate of drug-likeness (QED) is 0.101. The maximum atomic E-state index is 10.1. The SMILES string of the molecule is C/C=C\c1c(NCc2cccc(CNc3ccc(O)c4ncccc34)n2)ccc(O)c1NN. The Kier molecular flexibility index (Phi) is 6.56. The molecule has 33 heavy (non-hydrogen) atoms. The van der Waals surface area contributed by atoms with Gasteiger partial charge in [-0.05, 0) is 55.5 Å². The summed E-state index contributed by atoms with van der Waals surface area (Å²) in [5.74, 6) is 5.83. The van der Waals surface area contributed by atoms with E-state index in [2.05, 4.69) is 21.0 Å². The second-order valence-electron chi connectivity index (χ2n) is 7.42. The molecule has 0 radical (unpaired) electrons. The maximum absolute atomic E-state index is 10.1. The number of nitrogens with two attached hydrogens (primary N) is 1. The first-order valence-electron chi connectivity index (χ1n) is 10.5. The van der Waals surface area contributed by atoms with Gasteiger partial charge in [0.1, 0.15) is 22.7 Å². The lowest BCUT2D eigenvalue weighted by molar-refractivity contribution is 0.477. The Morgan fingerprint density at radius 2 is 1.58 bits per heavy atom. The summed E-state index contributed by atoms with van der Waals surface area (Å²) >= 11 is 0. The highest BCUT2D eigenvalue weighted by atomic mass is 16.3. The average Bonchev–Trinajstić information content (AvgIpc) is 2.84. The summed E-state index contributed by atoms with van der Waals surface area (Å²) in [7, 11) is 0. The van der Waals surface area contributed by atoms with Crippen molar-refractivity contribution in [2.24, 2.45) is 5.84 Å². The number of nitrogen functional groups attached to an aromatic ring is 1. The Labute approximate surface area is 191 Å². The minimum Gasteiger partial charge on any atom is -0.506 e. The zero-order valence-corrected chi connectivity index (χ0v) is 18.2. The number of nitrogens with one attached hydrogen (secondary N) is 3. The summed E-state index contributed by atoms with van der Waals surface area (Å²) in [6.45, 7) is 2.92. The number of fused-ring (bicyclic) bond motifs is 1. The predicted molar refractivity (Wildman–Crippen MR) is 133 cm³/mol. The third-order valence-electron chi connectivity index (χ3n) is 5.23. The van der Waals surface area contributed by atoms with E-state index in [-0.39, 0.29) is 11.5 Å². The van der Waals surface area contributed by atoms with Gasteiger partial charge < -0.3 is 26.3 Å². The van der Waals surface area contributed by atoms with Crippen molar-refractivity contribution in [3.63, 3.8) is 0 Å². The van der Waals surface area contributed by atoms with Crippen LogP contribution >= 0.6 is 0 Å². The van der Waals surface area contributed by atoms with Crippen molar-refractivity contribution in [2.45, 2.75) is 20.0 Å². The van der Waals surface area contributed by atoms with E-state index in [0.29, 0.717) is 24.3 Å². The van der Waals surface area contributed by atoms with Gasteiger partial charge in [-0.1, -0.05) is 18.2 Å². The van der Waals surface area contributed by atoms with E-state index in [1.807, 2.05) is 55.5 Å². The Morgan fingerprint density at radius 3 is 2.30 bits per heavy atom. The first kappa shape index (κ1) is 21.9. The van der Waals surface area contributed by atoms with Crippen molar-refractivity contribution < 1.29 is 10.2 Å². The van der Waals surface area contributed by atoms with E-state index in [9.17, 15) is 10.2 Å². The van der Waals surface area contributed by atoms with Crippen molar-refractivity contribution in [1.82, 2.24) is 9.97 Å². The number of allylic oxidation sites excluding steroid dienone is 1. The van der Waals surface area contributed by atoms with Gasteiger partial charge in [-0.15, -0.1) is 0 Å². The molecule has 0 bridgehead atoms. The zero-order valence-electron chi connectivity index (χ0n) is 18.2. The van der Waals surface area contributed by atoms with E-state index in [1.54, 1.807) is 24.4 Å². The van der Waals surface area contributed by atoms with Gasteiger partial charge >= 0.3 is 0 Å². The van der Waals surface area contributed by atoms with E-state index in [4.69, 9.17) is 10.8 Å². The number of nitrogens with zero attached hydrogens (tertiary/aromatic N) is 2. The normalized spacial score (nSPS) is 11.1. The second-order valence-corrected chi connectivity index (χ2v) is 7.42. The van der Waals surface area contributed by atoms with E-state index in [1.165, 1.54) is 0 Å².